The van der Waals surface area contributed by atoms with Crippen molar-refractivity contribution in [1.29, 1.82) is 0 Å². The Labute approximate surface area is 103 Å². The van der Waals surface area contributed by atoms with Crippen LogP contribution in [0.15, 0.2) is 5.38 Å². The van der Waals surface area contributed by atoms with Gasteiger partial charge in [-0.3, -0.25) is 0 Å². The Morgan fingerprint density at radius 1 is 1.31 bits per heavy atom. The molecule has 92 valence electrons. The predicted molar refractivity (Wildman–Crippen MR) is 70.9 cm³/mol. The lowest BCUT2D eigenvalue weighted by Gasteiger charge is -2.20. The summed E-state index contributed by atoms with van der Waals surface area (Å²) in [5, 5.41) is 10.1. The molecule has 1 heterocycles. The summed E-state index contributed by atoms with van der Waals surface area (Å²) < 4.78 is 0. The molecule has 16 heavy (non-hydrogen) atoms. The zero-order valence-corrected chi connectivity index (χ0v) is 11.6. The van der Waals surface area contributed by atoms with E-state index in [0.717, 1.165) is 36.8 Å². The van der Waals surface area contributed by atoms with Crippen molar-refractivity contribution in [3.63, 3.8) is 0 Å². The smallest absolute Gasteiger partial charge is 0.0897 e. The summed E-state index contributed by atoms with van der Waals surface area (Å²) in [6, 6.07) is 0. The summed E-state index contributed by atoms with van der Waals surface area (Å²) in [4.78, 5) is 4.41. The second-order valence-electron chi connectivity index (χ2n) is 5.06. The first-order valence-electron chi connectivity index (χ1n) is 5.84. The first-order chi connectivity index (χ1) is 7.47. The van der Waals surface area contributed by atoms with Gasteiger partial charge in [0.1, 0.15) is 0 Å². The van der Waals surface area contributed by atoms with E-state index in [-0.39, 0.29) is 5.54 Å². The topological polar surface area (TPSA) is 37.0 Å². The van der Waals surface area contributed by atoms with Gasteiger partial charge in [-0.15, -0.1) is 11.3 Å². The third-order valence-corrected chi connectivity index (χ3v) is 2.98. The van der Waals surface area contributed by atoms with Gasteiger partial charge in [-0.1, -0.05) is 0 Å². The van der Waals surface area contributed by atoms with Crippen molar-refractivity contribution in [3.05, 3.63) is 16.1 Å². The van der Waals surface area contributed by atoms with Crippen LogP contribution in [0.4, 0.5) is 0 Å². The average Bonchev–Trinajstić information content (AvgIpc) is 2.56. The highest BCUT2D eigenvalue weighted by molar-refractivity contribution is 7.09. The minimum absolute atomic E-state index is 0.228. The van der Waals surface area contributed by atoms with Crippen LogP contribution in [-0.2, 0) is 6.54 Å². The number of hydrogen-bond acceptors (Lipinski definition) is 4. The van der Waals surface area contributed by atoms with E-state index in [2.05, 4.69) is 41.8 Å². The highest BCUT2D eigenvalue weighted by atomic mass is 32.1. The van der Waals surface area contributed by atoms with Gasteiger partial charge >= 0.3 is 0 Å². The van der Waals surface area contributed by atoms with Crippen molar-refractivity contribution < 1.29 is 0 Å². The van der Waals surface area contributed by atoms with Gasteiger partial charge in [0, 0.05) is 17.5 Å². The van der Waals surface area contributed by atoms with E-state index in [1.165, 1.54) is 0 Å². The Hall–Kier alpha value is -0.450. The molecule has 2 N–H and O–H groups in total. The molecule has 0 atom stereocenters. The first-order valence-corrected chi connectivity index (χ1v) is 6.72. The summed E-state index contributed by atoms with van der Waals surface area (Å²) >= 11 is 1.71. The van der Waals surface area contributed by atoms with E-state index in [1.807, 2.05) is 6.92 Å². The molecule has 1 aromatic heterocycles. The normalized spacial score (nSPS) is 12.0. The van der Waals surface area contributed by atoms with Crippen molar-refractivity contribution in [2.45, 2.75) is 46.2 Å². The molecule has 4 heteroatoms. The van der Waals surface area contributed by atoms with Crippen molar-refractivity contribution in [2.24, 2.45) is 0 Å². The van der Waals surface area contributed by atoms with Gasteiger partial charge in [0.2, 0.25) is 0 Å². The Morgan fingerprint density at radius 3 is 2.62 bits per heavy atom. The van der Waals surface area contributed by atoms with Crippen LogP contribution in [0.1, 0.15) is 37.9 Å². The Kier molecular flexibility index (Phi) is 5.38. The monoisotopic (exact) mass is 241 g/mol. The molecule has 0 aliphatic heterocycles. The van der Waals surface area contributed by atoms with Crippen LogP contribution < -0.4 is 10.6 Å². The number of hydrogen-bond donors (Lipinski definition) is 2. The van der Waals surface area contributed by atoms with Gasteiger partial charge in [-0.2, -0.15) is 0 Å². The van der Waals surface area contributed by atoms with E-state index >= 15 is 0 Å². The van der Waals surface area contributed by atoms with Gasteiger partial charge < -0.3 is 10.6 Å². The number of aryl methyl sites for hydroxylation is 1. The molecule has 0 aliphatic rings. The fraction of sp³-hybridized carbons (Fsp3) is 0.750. The van der Waals surface area contributed by atoms with Gasteiger partial charge in [0.25, 0.3) is 0 Å². The predicted octanol–water partition coefficient (Wildman–Crippen LogP) is 2.32. The SMILES string of the molecule is Cc1nc(CNCCCNC(C)(C)C)cs1. The average molecular weight is 241 g/mol. The number of nitrogens with zero attached hydrogens (tertiary/aromatic N) is 1. The van der Waals surface area contributed by atoms with E-state index in [0.29, 0.717) is 0 Å². The van der Waals surface area contributed by atoms with E-state index < -0.39 is 0 Å². The maximum atomic E-state index is 4.41. The standard InChI is InChI=1S/C12H23N3S/c1-10-15-11(9-16-10)8-13-6-5-7-14-12(2,3)4/h9,13-14H,5-8H2,1-4H3. The molecule has 0 saturated carbocycles. The summed E-state index contributed by atoms with van der Waals surface area (Å²) in [5.41, 5.74) is 1.39. The fourth-order valence-corrected chi connectivity index (χ4v) is 2.00. The molecule has 0 fully saturated rings. The summed E-state index contributed by atoms with van der Waals surface area (Å²) in [7, 11) is 0. The molecule has 0 saturated heterocycles. The van der Waals surface area contributed by atoms with Crippen LogP contribution in [0.25, 0.3) is 0 Å². The number of nitrogens with one attached hydrogen (secondary N) is 2. The summed E-state index contributed by atoms with van der Waals surface area (Å²) in [6.07, 6.45) is 1.15. The highest BCUT2D eigenvalue weighted by Crippen LogP contribution is 2.07. The largest absolute Gasteiger partial charge is 0.312 e. The first kappa shape index (κ1) is 13.6. The Bertz CT molecular complexity index is 301. The van der Waals surface area contributed by atoms with Gasteiger partial charge in [0.05, 0.1) is 10.7 Å². The number of aromatic nitrogens is 1. The molecule has 0 aromatic carbocycles. The molecule has 0 bridgehead atoms. The molecule has 0 radical (unpaired) electrons. The third kappa shape index (κ3) is 6.20. The van der Waals surface area contributed by atoms with E-state index in [4.69, 9.17) is 0 Å². The summed E-state index contributed by atoms with van der Waals surface area (Å²) in [6.45, 7) is 11.6. The third-order valence-electron chi connectivity index (χ3n) is 2.16. The quantitative estimate of drug-likeness (QED) is 0.751. The maximum Gasteiger partial charge on any atom is 0.0897 e. The zero-order valence-electron chi connectivity index (χ0n) is 10.8. The molecule has 0 amide bonds. The lowest BCUT2D eigenvalue weighted by atomic mass is 10.1. The lowest BCUT2D eigenvalue weighted by molar-refractivity contribution is 0.418. The van der Waals surface area contributed by atoms with Crippen molar-refractivity contribution in [2.75, 3.05) is 13.1 Å². The molecular weight excluding hydrogens is 218 g/mol. The van der Waals surface area contributed by atoms with Crippen LogP contribution in [0.5, 0.6) is 0 Å². The van der Waals surface area contributed by atoms with Crippen molar-refractivity contribution >= 4 is 11.3 Å². The van der Waals surface area contributed by atoms with Gasteiger partial charge in [-0.25, -0.2) is 4.98 Å². The second kappa shape index (κ2) is 6.33. The molecule has 1 rings (SSSR count). The Morgan fingerprint density at radius 2 is 2.06 bits per heavy atom. The number of rotatable bonds is 6. The van der Waals surface area contributed by atoms with Crippen LogP contribution >= 0.6 is 11.3 Å². The van der Waals surface area contributed by atoms with E-state index in [1.54, 1.807) is 11.3 Å². The van der Waals surface area contributed by atoms with Gasteiger partial charge in [0.15, 0.2) is 0 Å². The molecule has 1 aromatic rings. The number of thiazole rings is 1. The van der Waals surface area contributed by atoms with Crippen LogP contribution in [0.2, 0.25) is 0 Å². The zero-order chi connectivity index (χ0) is 12.0. The van der Waals surface area contributed by atoms with Crippen LogP contribution in [0, 0.1) is 6.92 Å². The lowest BCUT2D eigenvalue weighted by Crippen LogP contribution is -2.37. The minimum atomic E-state index is 0.228. The fourth-order valence-electron chi connectivity index (χ4n) is 1.38. The van der Waals surface area contributed by atoms with Gasteiger partial charge in [-0.05, 0) is 47.2 Å². The van der Waals surface area contributed by atoms with Crippen molar-refractivity contribution in [3.8, 4) is 0 Å². The molecule has 0 unspecified atom stereocenters. The molecule has 0 spiro atoms. The van der Waals surface area contributed by atoms with Crippen LogP contribution in [-0.4, -0.2) is 23.6 Å². The van der Waals surface area contributed by atoms with Crippen LogP contribution in [0.3, 0.4) is 0 Å². The van der Waals surface area contributed by atoms with E-state index in [9.17, 15) is 0 Å². The molecular formula is C12H23N3S. The highest BCUT2D eigenvalue weighted by Gasteiger charge is 2.06. The second-order valence-corrected chi connectivity index (χ2v) is 6.13. The minimum Gasteiger partial charge on any atom is -0.312 e. The Balaban J connectivity index is 2.00. The van der Waals surface area contributed by atoms with Crippen molar-refractivity contribution in [1.82, 2.24) is 15.6 Å². The molecule has 0 aliphatic carbocycles. The molecule has 3 nitrogen and oxygen atoms in total. The summed E-state index contributed by atoms with van der Waals surface area (Å²) in [5.74, 6) is 0. The maximum absolute atomic E-state index is 4.41.